The van der Waals surface area contributed by atoms with Crippen molar-refractivity contribution in [3.63, 3.8) is 0 Å². The zero-order chi connectivity index (χ0) is 26.7. The highest BCUT2D eigenvalue weighted by Gasteiger charge is 2.28. The number of hydrogen-bond acceptors (Lipinski definition) is 5. The minimum atomic E-state index is -0.436. The van der Waals surface area contributed by atoms with Crippen LogP contribution in [0.5, 0.6) is 0 Å². The molecule has 0 aliphatic carbocycles. The molecule has 3 aromatic rings. The lowest BCUT2D eigenvalue weighted by molar-refractivity contribution is 0.0527. The van der Waals surface area contributed by atoms with Crippen molar-refractivity contribution >= 4 is 35.1 Å². The summed E-state index contributed by atoms with van der Waals surface area (Å²) in [6.07, 6.45) is 3.22. The SMILES string of the molecule is CCOC(=O)c1cc(C(C)C)ccc1-c1c(C)c(C(=O)NN2CCCCC2)nn1-c1ccc(Cl)cc1Cl. The number of rotatable bonds is 7. The Morgan fingerprint density at radius 3 is 2.46 bits per heavy atom. The molecule has 9 heteroatoms. The summed E-state index contributed by atoms with van der Waals surface area (Å²) in [4.78, 5) is 26.5. The molecule has 1 N–H and O–H groups in total. The second-order valence-electron chi connectivity index (χ2n) is 9.50. The molecule has 1 fully saturated rings. The first-order chi connectivity index (χ1) is 17.7. The van der Waals surface area contributed by atoms with Crippen molar-refractivity contribution in [2.45, 2.75) is 52.9 Å². The van der Waals surface area contributed by atoms with Gasteiger partial charge in [0.15, 0.2) is 5.69 Å². The van der Waals surface area contributed by atoms with Crippen LogP contribution in [0.1, 0.15) is 77.9 Å². The van der Waals surface area contributed by atoms with Crippen LogP contribution in [0, 0.1) is 6.92 Å². The molecule has 4 rings (SSSR count). The summed E-state index contributed by atoms with van der Waals surface area (Å²) >= 11 is 12.8. The number of carbonyl (C=O) groups excluding carboxylic acids is 2. The van der Waals surface area contributed by atoms with E-state index in [1.165, 1.54) is 0 Å². The maximum atomic E-state index is 13.4. The van der Waals surface area contributed by atoms with E-state index in [9.17, 15) is 9.59 Å². The summed E-state index contributed by atoms with van der Waals surface area (Å²) < 4.78 is 7.02. The topological polar surface area (TPSA) is 76.5 Å². The first-order valence-corrected chi connectivity index (χ1v) is 13.4. The van der Waals surface area contributed by atoms with Crippen molar-refractivity contribution in [1.82, 2.24) is 20.2 Å². The number of hydrogen-bond donors (Lipinski definition) is 1. The smallest absolute Gasteiger partial charge is 0.338 e. The van der Waals surface area contributed by atoms with Crippen LogP contribution in [0.3, 0.4) is 0 Å². The molecule has 196 valence electrons. The fourth-order valence-electron chi connectivity index (χ4n) is 4.56. The number of halogens is 2. The summed E-state index contributed by atoms with van der Waals surface area (Å²) in [5.74, 6) is -0.528. The third-order valence-corrected chi connectivity index (χ3v) is 7.09. The molecule has 0 radical (unpaired) electrons. The van der Waals surface area contributed by atoms with Crippen LogP contribution in [0.4, 0.5) is 0 Å². The van der Waals surface area contributed by atoms with Crippen LogP contribution >= 0.6 is 23.2 Å². The minimum Gasteiger partial charge on any atom is -0.462 e. The number of amides is 1. The van der Waals surface area contributed by atoms with Gasteiger partial charge in [-0.05, 0) is 62.4 Å². The molecule has 2 aromatic carbocycles. The molecule has 1 amide bonds. The maximum Gasteiger partial charge on any atom is 0.338 e. The average molecular weight is 543 g/mol. The van der Waals surface area contributed by atoms with Gasteiger partial charge in [-0.15, -0.1) is 0 Å². The van der Waals surface area contributed by atoms with Gasteiger partial charge in [-0.3, -0.25) is 10.2 Å². The molecule has 1 aliphatic rings. The molecule has 1 aromatic heterocycles. The van der Waals surface area contributed by atoms with Crippen molar-refractivity contribution in [3.8, 4) is 16.9 Å². The summed E-state index contributed by atoms with van der Waals surface area (Å²) in [7, 11) is 0. The average Bonchev–Trinajstić information content (AvgIpc) is 3.21. The van der Waals surface area contributed by atoms with Gasteiger partial charge in [0, 0.05) is 29.2 Å². The Balaban J connectivity index is 1.91. The predicted octanol–water partition coefficient (Wildman–Crippen LogP) is 6.59. The van der Waals surface area contributed by atoms with Gasteiger partial charge >= 0.3 is 5.97 Å². The second-order valence-corrected chi connectivity index (χ2v) is 10.3. The second kappa shape index (κ2) is 11.7. The highest BCUT2D eigenvalue weighted by atomic mass is 35.5. The van der Waals surface area contributed by atoms with Crippen molar-refractivity contribution in [3.05, 3.63) is 68.8 Å². The Morgan fingerprint density at radius 1 is 1.08 bits per heavy atom. The number of esters is 1. The number of piperidine rings is 1. The van der Waals surface area contributed by atoms with Crippen molar-refractivity contribution < 1.29 is 14.3 Å². The first kappa shape index (κ1) is 27.2. The van der Waals surface area contributed by atoms with E-state index >= 15 is 0 Å². The Bertz CT molecular complexity index is 1310. The Kier molecular flexibility index (Phi) is 8.57. The molecular formula is C28H32Cl2N4O3. The number of nitrogens with one attached hydrogen (secondary N) is 1. The molecular weight excluding hydrogens is 511 g/mol. The van der Waals surface area contributed by atoms with E-state index in [0.29, 0.717) is 38.1 Å². The Labute approximate surface area is 227 Å². The molecule has 1 saturated heterocycles. The molecule has 0 spiro atoms. The third kappa shape index (κ3) is 5.84. The number of carbonyl (C=O) groups is 2. The van der Waals surface area contributed by atoms with Gasteiger partial charge in [-0.25, -0.2) is 14.5 Å². The van der Waals surface area contributed by atoms with Gasteiger partial charge in [0.2, 0.25) is 0 Å². The zero-order valence-corrected chi connectivity index (χ0v) is 23.1. The molecule has 0 unspecified atom stereocenters. The van der Waals surface area contributed by atoms with Crippen molar-refractivity contribution in [2.24, 2.45) is 0 Å². The molecule has 7 nitrogen and oxygen atoms in total. The Hall–Kier alpha value is -2.87. The molecule has 1 aliphatic heterocycles. The normalized spacial score (nSPS) is 14.1. The van der Waals surface area contributed by atoms with Crippen LogP contribution in [0.2, 0.25) is 10.0 Å². The minimum absolute atomic E-state index is 0.213. The summed E-state index contributed by atoms with van der Waals surface area (Å²) in [5, 5.41) is 7.50. The van der Waals surface area contributed by atoms with Crippen LogP contribution in [0.15, 0.2) is 36.4 Å². The van der Waals surface area contributed by atoms with Gasteiger partial charge < -0.3 is 4.74 Å². The Morgan fingerprint density at radius 2 is 1.81 bits per heavy atom. The van der Waals surface area contributed by atoms with Gasteiger partial charge in [0.25, 0.3) is 5.91 Å². The quantitative estimate of drug-likeness (QED) is 0.341. The van der Waals surface area contributed by atoms with Crippen LogP contribution in [-0.2, 0) is 4.74 Å². The molecule has 0 bridgehead atoms. The fraction of sp³-hybridized carbons (Fsp3) is 0.393. The van der Waals surface area contributed by atoms with Gasteiger partial charge in [-0.1, -0.05) is 55.6 Å². The van der Waals surface area contributed by atoms with E-state index in [4.69, 9.17) is 33.0 Å². The first-order valence-electron chi connectivity index (χ1n) is 12.6. The monoisotopic (exact) mass is 542 g/mol. The number of nitrogens with zero attached hydrogens (tertiary/aromatic N) is 3. The van der Waals surface area contributed by atoms with Crippen LogP contribution in [0.25, 0.3) is 16.9 Å². The van der Waals surface area contributed by atoms with Crippen molar-refractivity contribution in [2.75, 3.05) is 19.7 Å². The lowest BCUT2D eigenvalue weighted by atomic mass is 9.94. The highest BCUT2D eigenvalue weighted by Crippen LogP contribution is 2.36. The summed E-state index contributed by atoms with van der Waals surface area (Å²) in [6, 6.07) is 10.8. The van der Waals surface area contributed by atoms with Gasteiger partial charge in [0.05, 0.1) is 28.6 Å². The molecule has 0 saturated carbocycles. The van der Waals surface area contributed by atoms with E-state index in [2.05, 4.69) is 19.3 Å². The lowest BCUT2D eigenvalue weighted by Crippen LogP contribution is -2.45. The largest absolute Gasteiger partial charge is 0.462 e. The zero-order valence-electron chi connectivity index (χ0n) is 21.6. The fourth-order valence-corrected chi connectivity index (χ4v) is 5.05. The molecule has 37 heavy (non-hydrogen) atoms. The summed E-state index contributed by atoms with van der Waals surface area (Å²) in [6.45, 7) is 9.58. The van der Waals surface area contributed by atoms with Crippen LogP contribution in [-0.4, -0.2) is 46.4 Å². The number of aromatic nitrogens is 2. The maximum absolute atomic E-state index is 13.4. The van der Waals surface area contributed by atoms with E-state index in [1.807, 2.05) is 30.1 Å². The molecule has 2 heterocycles. The highest BCUT2D eigenvalue weighted by molar-refractivity contribution is 6.35. The van der Waals surface area contributed by atoms with E-state index < -0.39 is 5.97 Å². The van der Waals surface area contributed by atoms with E-state index in [1.54, 1.807) is 29.8 Å². The van der Waals surface area contributed by atoms with Gasteiger partial charge in [-0.2, -0.15) is 5.10 Å². The van der Waals surface area contributed by atoms with E-state index in [-0.39, 0.29) is 24.1 Å². The van der Waals surface area contributed by atoms with Gasteiger partial charge in [0.1, 0.15) is 0 Å². The third-order valence-electron chi connectivity index (χ3n) is 6.55. The van der Waals surface area contributed by atoms with E-state index in [0.717, 1.165) is 37.9 Å². The number of benzene rings is 2. The number of ether oxygens (including phenoxy) is 1. The van der Waals surface area contributed by atoms with Crippen LogP contribution < -0.4 is 5.43 Å². The predicted molar refractivity (Wildman–Crippen MR) is 147 cm³/mol. The molecule has 0 atom stereocenters. The standard InChI is InChI=1S/C28H32Cl2N4O3/c1-5-37-28(36)22-15-19(17(2)3)9-11-21(22)26-18(4)25(27(35)32-33-13-7-6-8-14-33)31-34(26)24-12-10-20(29)16-23(24)30/h9-12,15-17H,5-8,13-14H2,1-4H3,(H,32,35). The van der Waals surface area contributed by atoms with Crippen molar-refractivity contribution in [1.29, 1.82) is 0 Å². The lowest BCUT2D eigenvalue weighted by Gasteiger charge is -2.26. The number of hydrazine groups is 1. The summed E-state index contributed by atoms with van der Waals surface area (Å²) in [5.41, 5.74) is 7.04.